The molecule has 0 aromatic heterocycles. The number of carboxylic acid groups (broad SMARTS) is 1. The molecule has 36 heavy (non-hydrogen) atoms. The van der Waals surface area contributed by atoms with E-state index < -0.39 is 18.1 Å². The van der Waals surface area contributed by atoms with Crippen LogP contribution in [-0.4, -0.2) is 52.5 Å². The van der Waals surface area contributed by atoms with Crippen LogP contribution in [0.2, 0.25) is 0 Å². The molecule has 3 rings (SSSR count). The van der Waals surface area contributed by atoms with E-state index in [1.54, 1.807) is 47.4 Å². The Morgan fingerprint density at radius 3 is 2.58 bits per heavy atom. The third-order valence-electron chi connectivity index (χ3n) is 6.30. The molecule has 0 saturated carbocycles. The van der Waals surface area contributed by atoms with Crippen LogP contribution in [0.25, 0.3) is 0 Å². The molecular formula is C27H35FN3O5+. The van der Waals surface area contributed by atoms with Gasteiger partial charge in [-0.1, -0.05) is 43.7 Å². The summed E-state index contributed by atoms with van der Waals surface area (Å²) >= 11 is 0. The molecule has 0 aliphatic carbocycles. The van der Waals surface area contributed by atoms with Gasteiger partial charge in [0, 0.05) is 19.5 Å². The number of carboxylic acids is 1. The summed E-state index contributed by atoms with van der Waals surface area (Å²) < 4.78 is 19.5. The Bertz CT molecular complexity index is 1050. The second-order valence-electron chi connectivity index (χ2n) is 9.21. The number of quaternary nitrogens is 1. The van der Waals surface area contributed by atoms with Gasteiger partial charge in [-0.2, -0.15) is 0 Å². The Labute approximate surface area is 210 Å². The minimum Gasteiger partial charge on any atom is -0.479 e. The highest BCUT2D eigenvalue weighted by Gasteiger charge is 2.34. The van der Waals surface area contributed by atoms with Crippen molar-refractivity contribution in [3.63, 3.8) is 0 Å². The van der Waals surface area contributed by atoms with Crippen molar-refractivity contribution < 1.29 is 34.4 Å². The van der Waals surface area contributed by atoms with Gasteiger partial charge < -0.3 is 25.8 Å². The third kappa shape index (κ3) is 7.52. The van der Waals surface area contributed by atoms with E-state index in [-0.39, 0.29) is 36.6 Å². The minimum absolute atomic E-state index is 0.148. The van der Waals surface area contributed by atoms with E-state index in [1.807, 2.05) is 6.92 Å². The molecule has 3 atom stereocenters. The summed E-state index contributed by atoms with van der Waals surface area (Å²) in [5, 5.41) is 12.1. The predicted octanol–water partition coefficient (Wildman–Crippen LogP) is 2.31. The Kier molecular flexibility index (Phi) is 9.81. The Morgan fingerprint density at radius 2 is 1.92 bits per heavy atom. The SMILES string of the molecule is CCCC(Oc1ccc(CNC(=O)[C@@H]2CCCN2C(=O)CC([NH3+])Cc2ccccc2F)cc1)C(=O)O. The molecule has 1 aliphatic heterocycles. The molecule has 1 saturated heterocycles. The third-order valence-corrected chi connectivity index (χ3v) is 6.30. The van der Waals surface area contributed by atoms with Gasteiger partial charge >= 0.3 is 5.97 Å². The molecule has 1 aliphatic rings. The van der Waals surface area contributed by atoms with Crippen LogP contribution < -0.4 is 15.8 Å². The van der Waals surface area contributed by atoms with Gasteiger partial charge in [-0.15, -0.1) is 0 Å². The zero-order valence-corrected chi connectivity index (χ0v) is 20.6. The highest BCUT2D eigenvalue weighted by atomic mass is 19.1. The maximum Gasteiger partial charge on any atom is 0.344 e. The number of halogens is 1. The zero-order chi connectivity index (χ0) is 26.1. The monoisotopic (exact) mass is 500 g/mol. The largest absolute Gasteiger partial charge is 0.479 e. The van der Waals surface area contributed by atoms with Crippen LogP contribution in [0, 0.1) is 5.82 Å². The smallest absolute Gasteiger partial charge is 0.344 e. The number of ether oxygens (including phenoxy) is 1. The van der Waals surface area contributed by atoms with Gasteiger partial charge in [0.15, 0.2) is 6.10 Å². The molecule has 0 spiro atoms. The van der Waals surface area contributed by atoms with Crippen LogP contribution in [0.4, 0.5) is 4.39 Å². The van der Waals surface area contributed by atoms with Gasteiger partial charge in [-0.05, 0) is 48.6 Å². The molecular weight excluding hydrogens is 465 g/mol. The lowest BCUT2D eigenvalue weighted by Crippen LogP contribution is -2.63. The first-order chi connectivity index (χ1) is 17.3. The van der Waals surface area contributed by atoms with Crippen LogP contribution in [0.3, 0.4) is 0 Å². The molecule has 2 aromatic carbocycles. The molecule has 9 heteroatoms. The molecule has 0 radical (unpaired) electrons. The van der Waals surface area contributed by atoms with Crippen molar-refractivity contribution in [2.45, 2.75) is 70.2 Å². The lowest BCUT2D eigenvalue weighted by molar-refractivity contribution is -0.418. The number of rotatable bonds is 12. The lowest BCUT2D eigenvalue weighted by atomic mass is 10.0. The van der Waals surface area contributed by atoms with Gasteiger partial charge in [0.1, 0.15) is 17.6 Å². The summed E-state index contributed by atoms with van der Waals surface area (Å²) in [5.41, 5.74) is 5.38. The fourth-order valence-corrected chi connectivity index (χ4v) is 4.40. The Balaban J connectivity index is 1.50. The van der Waals surface area contributed by atoms with Crippen molar-refractivity contribution >= 4 is 17.8 Å². The number of hydrogen-bond donors (Lipinski definition) is 3. The molecule has 2 unspecified atom stereocenters. The lowest BCUT2D eigenvalue weighted by Gasteiger charge is -2.25. The summed E-state index contributed by atoms with van der Waals surface area (Å²) in [6.45, 7) is 2.69. The molecule has 1 fully saturated rings. The van der Waals surface area contributed by atoms with Gasteiger partial charge in [0.05, 0.1) is 12.5 Å². The Hall–Kier alpha value is -3.46. The van der Waals surface area contributed by atoms with E-state index in [0.717, 1.165) is 12.0 Å². The first-order valence-corrected chi connectivity index (χ1v) is 12.4. The van der Waals surface area contributed by atoms with E-state index in [1.165, 1.54) is 6.07 Å². The van der Waals surface area contributed by atoms with E-state index in [9.17, 15) is 23.9 Å². The maximum atomic E-state index is 13.9. The van der Waals surface area contributed by atoms with E-state index in [0.29, 0.717) is 43.5 Å². The highest BCUT2D eigenvalue weighted by Crippen LogP contribution is 2.20. The van der Waals surface area contributed by atoms with Gasteiger partial charge in [-0.25, -0.2) is 9.18 Å². The van der Waals surface area contributed by atoms with Crippen LogP contribution in [0.15, 0.2) is 48.5 Å². The van der Waals surface area contributed by atoms with Gasteiger partial charge in [0.25, 0.3) is 0 Å². The molecule has 2 amide bonds. The topological polar surface area (TPSA) is 124 Å². The van der Waals surface area contributed by atoms with Crippen molar-refractivity contribution in [2.75, 3.05) is 6.54 Å². The van der Waals surface area contributed by atoms with Crippen molar-refractivity contribution in [3.05, 3.63) is 65.5 Å². The fraction of sp³-hybridized carbons (Fsp3) is 0.444. The second kappa shape index (κ2) is 13.0. The summed E-state index contributed by atoms with van der Waals surface area (Å²) in [7, 11) is 0. The average molecular weight is 501 g/mol. The number of carbonyl (C=O) groups is 3. The van der Waals surface area contributed by atoms with Gasteiger partial charge in [-0.3, -0.25) is 9.59 Å². The number of aliphatic carboxylic acids is 1. The molecule has 0 bridgehead atoms. The number of amides is 2. The first-order valence-electron chi connectivity index (χ1n) is 12.4. The summed E-state index contributed by atoms with van der Waals surface area (Å²) in [6, 6.07) is 12.5. The Morgan fingerprint density at radius 1 is 1.19 bits per heavy atom. The zero-order valence-electron chi connectivity index (χ0n) is 20.6. The van der Waals surface area contributed by atoms with Crippen LogP contribution in [-0.2, 0) is 27.3 Å². The molecule has 8 nitrogen and oxygen atoms in total. The van der Waals surface area contributed by atoms with E-state index in [4.69, 9.17) is 4.74 Å². The minimum atomic E-state index is -0.999. The van der Waals surface area contributed by atoms with Crippen LogP contribution >= 0.6 is 0 Å². The standard InChI is InChI=1S/C27H34FN3O5/c1-2-6-24(27(34)35)36-21-12-10-18(11-13-21)17-30-26(33)23-9-5-14-31(23)25(32)16-20(29)15-19-7-3-4-8-22(19)28/h3-4,7-8,10-13,20,23-24H,2,5-6,9,14-17,29H2,1H3,(H,30,33)(H,34,35)/p+1/t20?,23-,24?/m0/s1. The summed E-state index contributed by atoms with van der Waals surface area (Å²) in [4.78, 5) is 38.6. The maximum absolute atomic E-state index is 13.9. The number of carbonyl (C=O) groups excluding carboxylic acids is 2. The first kappa shape index (κ1) is 27.1. The molecule has 1 heterocycles. The van der Waals surface area contributed by atoms with Crippen molar-refractivity contribution in [1.82, 2.24) is 10.2 Å². The predicted molar refractivity (Wildman–Crippen MR) is 131 cm³/mol. The summed E-state index contributed by atoms with van der Waals surface area (Å²) in [5.74, 6) is -1.22. The fourth-order valence-electron chi connectivity index (χ4n) is 4.40. The number of hydrogen-bond acceptors (Lipinski definition) is 4. The summed E-state index contributed by atoms with van der Waals surface area (Å²) in [6.07, 6.45) is 2.06. The quantitative estimate of drug-likeness (QED) is 0.413. The van der Waals surface area contributed by atoms with Crippen molar-refractivity contribution in [3.8, 4) is 5.75 Å². The van der Waals surface area contributed by atoms with Crippen molar-refractivity contribution in [1.29, 1.82) is 0 Å². The number of benzene rings is 2. The number of nitrogens with zero attached hydrogens (tertiary/aromatic N) is 1. The molecule has 194 valence electrons. The second-order valence-corrected chi connectivity index (χ2v) is 9.21. The number of likely N-dealkylation sites (tertiary alicyclic amines) is 1. The van der Waals surface area contributed by atoms with Gasteiger partial charge in [0.2, 0.25) is 11.8 Å². The van der Waals surface area contributed by atoms with Crippen molar-refractivity contribution in [2.24, 2.45) is 0 Å². The van der Waals surface area contributed by atoms with E-state index in [2.05, 4.69) is 11.1 Å². The van der Waals surface area contributed by atoms with E-state index >= 15 is 0 Å². The van der Waals surface area contributed by atoms with Crippen LogP contribution in [0.5, 0.6) is 5.75 Å². The highest BCUT2D eigenvalue weighted by molar-refractivity contribution is 5.88. The molecule has 2 aromatic rings. The number of nitrogens with one attached hydrogen (secondary N) is 1. The average Bonchev–Trinajstić information content (AvgIpc) is 3.35. The normalized spacial score (nSPS) is 16.9. The van der Waals surface area contributed by atoms with Crippen LogP contribution in [0.1, 0.15) is 50.2 Å². The molecule has 5 N–H and O–H groups in total.